The van der Waals surface area contributed by atoms with Gasteiger partial charge >= 0.3 is 11.9 Å². The summed E-state index contributed by atoms with van der Waals surface area (Å²) in [4.78, 5) is 41.0. The van der Waals surface area contributed by atoms with Crippen molar-refractivity contribution >= 4 is 39.4 Å². The molecule has 0 radical (unpaired) electrons. The molecular formula is C22H22N2O5S. The maximum absolute atomic E-state index is 12.7. The Bertz CT molecular complexity index is 1160. The Morgan fingerprint density at radius 2 is 1.73 bits per heavy atom. The van der Waals surface area contributed by atoms with E-state index < -0.39 is 17.8 Å². The minimum Gasteiger partial charge on any atom is -0.465 e. The second-order valence-electron chi connectivity index (χ2n) is 6.42. The fraction of sp³-hybridized carbons (Fsp3) is 0.273. The van der Waals surface area contributed by atoms with Crippen molar-refractivity contribution in [1.82, 2.24) is 4.57 Å². The average molecular weight is 426 g/mol. The van der Waals surface area contributed by atoms with Crippen LogP contribution < -0.4 is 4.80 Å². The molecule has 0 saturated heterocycles. The second kappa shape index (κ2) is 9.49. The van der Waals surface area contributed by atoms with E-state index in [1.54, 1.807) is 11.5 Å². The lowest BCUT2D eigenvalue weighted by Crippen LogP contribution is -2.23. The highest BCUT2D eigenvalue weighted by Gasteiger charge is 2.14. The summed E-state index contributed by atoms with van der Waals surface area (Å²) < 4.78 is 12.4. The van der Waals surface area contributed by atoms with Crippen molar-refractivity contribution in [2.24, 2.45) is 4.99 Å². The van der Waals surface area contributed by atoms with E-state index in [0.29, 0.717) is 15.9 Å². The summed E-state index contributed by atoms with van der Waals surface area (Å²) in [6.45, 7) is 4.05. The molecule has 0 aliphatic carbocycles. The van der Waals surface area contributed by atoms with Crippen molar-refractivity contribution in [3.05, 3.63) is 64.0 Å². The molecule has 1 aromatic heterocycles. The molecule has 0 N–H and O–H groups in total. The largest absolute Gasteiger partial charge is 0.465 e. The molecule has 0 atom stereocenters. The van der Waals surface area contributed by atoms with Crippen molar-refractivity contribution in [2.75, 3.05) is 13.7 Å². The third-order valence-electron chi connectivity index (χ3n) is 4.50. The molecule has 0 aliphatic heterocycles. The standard InChI is InChI=1S/C22H22N2O5S/c1-4-14-6-11-17-18(12-14)30-22(24(17)13-19(25)29-5-2)23-20(26)15-7-9-16(10-8-15)21(27)28-3/h6-12H,4-5,13H2,1-3H3. The zero-order chi connectivity index (χ0) is 21.7. The summed E-state index contributed by atoms with van der Waals surface area (Å²) in [5.41, 5.74) is 2.65. The Labute approximate surface area is 177 Å². The van der Waals surface area contributed by atoms with Crippen LogP contribution in [0.2, 0.25) is 0 Å². The summed E-state index contributed by atoms with van der Waals surface area (Å²) >= 11 is 1.34. The number of rotatable bonds is 6. The smallest absolute Gasteiger partial charge is 0.337 e. The number of thiazole rings is 1. The highest BCUT2D eigenvalue weighted by molar-refractivity contribution is 7.16. The number of methoxy groups -OCH3 is 1. The number of amides is 1. The van der Waals surface area contributed by atoms with Crippen LogP contribution in [-0.2, 0) is 27.2 Å². The maximum Gasteiger partial charge on any atom is 0.337 e. The van der Waals surface area contributed by atoms with E-state index in [0.717, 1.165) is 22.2 Å². The van der Waals surface area contributed by atoms with Crippen LogP contribution in [0.5, 0.6) is 0 Å². The van der Waals surface area contributed by atoms with Gasteiger partial charge in [0, 0.05) is 5.56 Å². The van der Waals surface area contributed by atoms with E-state index in [9.17, 15) is 14.4 Å². The number of fused-ring (bicyclic) bond motifs is 1. The summed E-state index contributed by atoms with van der Waals surface area (Å²) in [7, 11) is 1.30. The predicted octanol–water partition coefficient (Wildman–Crippen LogP) is 3.36. The summed E-state index contributed by atoms with van der Waals surface area (Å²) in [5, 5.41) is 0. The normalized spacial score (nSPS) is 11.5. The van der Waals surface area contributed by atoms with Crippen molar-refractivity contribution in [3.63, 3.8) is 0 Å². The number of nitrogens with zero attached hydrogens (tertiary/aromatic N) is 2. The highest BCUT2D eigenvalue weighted by atomic mass is 32.1. The lowest BCUT2D eigenvalue weighted by atomic mass is 10.1. The van der Waals surface area contributed by atoms with E-state index in [-0.39, 0.29) is 13.2 Å². The molecule has 1 amide bonds. The molecule has 0 unspecified atom stereocenters. The molecule has 8 heteroatoms. The molecule has 2 aromatic carbocycles. The third-order valence-corrected chi connectivity index (χ3v) is 5.54. The van der Waals surface area contributed by atoms with Gasteiger partial charge < -0.3 is 14.0 Å². The zero-order valence-electron chi connectivity index (χ0n) is 17.0. The zero-order valence-corrected chi connectivity index (χ0v) is 17.8. The topological polar surface area (TPSA) is 87.0 Å². The quantitative estimate of drug-likeness (QED) is 0.564. The number of aryl methyl sites for hydroxylation is 1. The van der Waals surface area contributed by atoms with E-state index in [2.05, 4.69) is 16.7 Å². The van der Waals surface area contributed by atoms with Gasteiger partial charge in [0.1, 0.15) is 6.54 Å². The van der Waals surface area contributed by atoms with Crippen LogP contribution in [0.3, 0.4) is 0 Å². The molecule has 0 saturated carbocycles. The van der Waals surface area contributed by atoms with E-state index in [1.165, 1.54) is 42.7 Å². The average Bonchev–Trinajstić information content (AvgIpc) is 3.09. The number of carbonyl (C=O) groups excluding carboxylic acids is 3. The Kier molecular flexibility index (Phi) is 6.79. The number of hydrogen-bond acceptors (Lipinski definition) is 6. The van der Waals surface area contributed by atoms with Crippen molar-refractivity contribution in [3.8, 4) is 0 Å². The number of carbonyl (C=O) groups is 3. The molecule has 0 bridgehead atoms. The van der Waals surface area contributed by atoms with Crippen molar-refractivity contribution < 1.29 is 23.9 Å². The van der Waals surface area contributed by atoms with Gasteiger partial charge in [-0.25, -0.2) is 4.79 Å². The van der Waals surface area contributed by atoms with Gasteiger partial charge in [0.05, 0.1) is 29.5 Å². The Balaban J connectivity index is 2.03. The summed E-state index contributed by atoms with van der Waals surface area (Å²) in [5.74, 6) is -1.34. The van der Waals surface area contributed by atoms with Gasteiger partial charge in [0.2, 0.25) is 0 Å². The summed E-state index contributed by atoms with van der Waals surface area (Å²) in [6, 6.07) is 12.0. The van der Waals surface area contributed by atoms with Gasteiger partial charge in [-0.1, -0.05) is 24.3 Å². The van der Waals surface area contributed by atoms with Crippen LogP contribution >= 0.6 is 11.3 Å². The van der Waals surface area contributed by atoms with Gasteiger partial charge in [-0.15, -0.1) is 0 Å². The van der Waals surface area contributed by atoms with Crippen LogP contribution in [-0.4, -0.2) is 36.1 Å². The predicted molar refractivity (Wildman–Crippen MR) is 114 cm³/mol. The molecule has 30 heavy (non-hydrogen) atoms. The highest BCUT2D eigenvalue weighted by Crippen LogP contribution is 2.20. The van der Waals surface area contributed by atoms with Crippen molar-refractivity contribution in [1.29, 1.82) is 0 Å². The van der Waals surface area contributed by atoms with Gasteiger partial charge in [-0.05, 0) is 55.3 Å². The Hall–Kier alpha value is -3.26. The number of ether oxygens (including phenoxy) is 2. The number of hydrogen-bond donors (Lipinski definition) is 0. The molecule has 3 aromatic rings. The van der Waals surface area contributed by atoms with E-state index in [4.69, 9.17) is 4.74 Å². The third kappa shape index (κ3) is 4.65. The molecule has 1 heterocycles. The monoisotopic (exact) mass is 426 g/mol. The number of benzene rings is 2. The minimum atomic E-state index is -0.477. The second-order valence-corrected chi connectivity index (χ2v) is 7.43. The van der Waals surface area contributed by atoms with Crippen LogP contribution in [0.4, 0.5) is 0 Å². The molecule has 3 rings (SSSR count). The molecule has 156 valence electrons. The van der Waals surface area contributed by atoms with Gasteiger partial charge in [-0.2, -0.15) is 4.99 Å². The first-order valence-electron chi connectivity index (χ1n) is 9.52. The lowest BCUT2D eigenvalue weighted by Gasteiger charge is -2.05. The minimum absolute atomic E-state index is 0.0350. The fourth-order valence-corrected chi connectivity index (χ4v) is 4.02. The Morgan fingerprint density at radius 3 is 2.37 bits per heavy atom. The summed E-state index contributed by atoms with van der Waals surface area (Å²) in [6.07, 6.45) is 0.879. The van der Waals surface area contributed by atoms with Gasteiger partial charge in [0.15, 0.2) is 4.80 Å². The fourth-order valence-electron chi connectivity index (χ4n) is 2.93. The van der Waals surface area contributed by atoms with Crippen LogP contribution in [0, 0.1) is 0 Å². The van der Waals surface area contributed by atoms with E-state index >= 15 is 0 Å². The molecule has 0 fully saturated rings. The van der Waals surface area contributed by atoms with E-state index in [1.807, 2.05) is 18.2 Å². The Morgan fingerprint density at radius 1 is 1.03 bits per heavy atom. The molecular weight excluding hydrogens is 404 g/mol. The van der Waals surface area contributed by atoms with Crippen LogP contribution in [0.15, 0.2) is 47.5 Å². The van der Waals surface area contributed by atoms with Gasteiger partial charge in [-0.3, -0.25) is 9.59 Å². The number of aromatic nitrogens is 1. The first-order valence-corrected chi connectivity index (χ1v) is 10.3. The molecule has 0 spiro atoms. The first-order chi connectivity index (χ1) is 14.5. The SMILES string of the molecule is CCOC(=O)Cn1c(=NC(=O)c2ccc(C(=O)OC)cc2)sc2cc(CC)ccc21. The molecule has 7 nitrogen and oxygen atoms in total. The van der Waals surface area contributed by atoms with Crippen molar-refractivity contribution in [2.45, 2.75) is 26.8 Å². The number of esters is 2. The van der Waals surface area contributed by atoms with Crippen LogP contribution in [0.25, 0.3) is 10.2 Å². The van der Waals surface area contributed by atoms with Gasteiger partial charge in [0.25, 0.3) is 5.91 Å². The maximum atomic E-state index is 12.7. The lowest BCUT2D eigenvalue weighted by molar-refractivity contribution is -0.143. The molecule has 0 aliphatic rings. The first kappa shape index (κ1) is 21.4. The van der Waals surface area contributed by atoms with Crippen LogP contribution in [0.1, 0.15) is 40.1 Å².